The van der Waals surface area contributed by atoms with Gasteiger partial charge in [0.05, 0.1) is 0 Å². The van der Waals surface area contributed by atoms with Gasteiger partial charge in [0, 0.05) is 0 Å². The third-order valence-corrected chi connectivity index (χ3v) is 3.88. The van der Waals surface area contributed by atoms with Crippen LogP contribution >= 0.6 is 0 Å². The van der Waals surface area contributed by atoms with E-state index in [1.54, 1.807) is 12.1 Å². The minimum absolute atomic E-state index is 0.146. The Morgan fingerprint density at radius 3 is 2.21 bits per heavy atom. The first kappa shape index (κ1) is 12.4. The van der Waals surface area contributed by atoms with E-state index in [1.807, 2.05) is 0 Å². The van der Waals surface area contributed by atoms with Gasteiger partial charge in [0.15, 0.2) is 0 Å². The SMILES string of the molecule is CC(C)c1cc(F)cc(-c2ccc(C3CC3)cc2)c1. The van der Waals surface area contributed by atoms with E-state index in [4.69, 9.17) is 0 Å². The summed E-state index contributed by atoms with van der Waals surface area (Å²) in [6.07, 6.45) is 2.63. The highest BCUT2D eigenvalue weighted by Gasteiger charge is 2.22. The minimum Gasteiger partial charge on any atom is -0.207 e. The van der Waals surface area contributed by atoms with Crippen LogP contribution in [0.4, 0.5) is 4.39 Å². The molecule has 0 N–H and O–H groups in total. The first-order valence-corrected chi connectivity index (χ1v) is 7.04. The minimum atomic E-state index is -0.146. The fraction of sp³-hybridized carbons (Fsp3) is 0.333. The molecule has 0 radical (unpaired) electrons. The largest absolute Gasteiger partial charge is 0.207 e. The van der Waals surface area contributed by atoms with Crippen molar-refractivity contribution in [2.75, 3.05) is 0 Å². The summed E-state index contributed by atoms with van der Waals surface area (Å²) in [6.45, 7) is 4.18. The first-order valence-electron chi connectivity index (χ1n) is 7.04. The molecule has 2 aromatic rings. The van der Waals surface area contributed by atoms with Crippen molar-refractivity contribution in [3.63, 3.8) is 0 Å². The van der Waals surface area contributed by atoms with Crippen molar-refractivity contribution >= 4 is 0 Å². The molecule has 2 aromatic carbocycles. The number of hydrogen-bond donors (Lipinski definition) is 0. The average molecular weight is 254 g/mol. The Bertz CT molecular complexity index is 577. The molecule has 0 bridgehead atoms. The van der Waals surface area contributed by atoms with Crippen molar-refractivity contribution in [1.82, 2.24) is 0 Å². The molecule has 1 aliphatic carbocycles. The number of rotatable bonds is 3. The average Bonchev–Trinajstić information content (AvgIpc) is 3.22. The lowest BCUT2D eigenvalue weighted by Crippen LogP contribution is -1.91. The Morgan fingerprint density at radius 2 is 1.63 bits per heavy atom. The summed E-state index contributed by atoms with van der Waals surface area (Å²) in [6, 6.07) is 14.0. The lowest BCUT2D eigenvalue weighted by atomic mass is 9.96. The zero-order valence-electron chi connectivity index (χ0n) is 11.5. The van der Waals surface area contributed by atoms with Crippen LogP contribution in [0.2, 0.25) is 0 Å². The van der Waals surface area contributed by atoms with Gasteiger partial charge < -0.3 is 0 Å². The molecule has 0 unspecified atom stereocenters. The molecule has 0 amide bonds. The smallest absolute Gasteiger partial charge is 0.124 e. The number of hydrogen-bond acceptors (Lipinski definition) is 0. The van der Waals surface area contributed by atoms with Gasteiger partial charge in [0.2, 0.25) is 0 Å². The van der Waals surface area contributed by atoms with Crippen LogP contribution < -0.4 is 0 Å². The molecule has 0 atom stereocenters. The summed E-state index contributed by atoms with van der Waals surface area (Å²) in [5.74, 6) is 0.973. The second kappa shape index (κ2) is 4.80. The quantitative estimate of drug-likeness (QED) is 0.679. The molecule has 3 rings (SSSR count). The summed E-state index contributed by atoms with van der Waals surface area (Å²) in [4.78, 5) is 0. The van der Waals surface area contributed by atoms with Crippen LogP contribution in [-0.4, -0.2) is 0 Å². The molecule has 0 aliphatic heterocycles. The topological polar surface area (TPSA) is 0 Å². The molecule has 98 valence electrons. The van der Waals surface area contributed by atoms with E-state index in [1.165, 1.54) is 18.4 Å². The highest BCUT2D eigenvalue weighted by atomic mass is 19.1. The standard InChI is InChI=1S/C18H19F/c1-12(2)16-9-17(11-18(19)10-16)15-7-5-14(6-8-15)13-3-4-13/h5-13H,3-4H2,1-2H3. The third kappa shape index (κ3) is 2.70. The van der Waals surface area contributed by atoms with Crippen LogP contribution in [0.3, 0.4) is 0 Å². The summed E-state index contributed by atoms with van der Waals surface area (Å²) in [5, 5.41) is 0. The number of halogens is 1. The van der Waals surface area contributed by atoms with Crippen LogP contribution in [0.25, 0.3) is 11.1 Å². The number of benzene rings is 2. The van der Waals surface area contributed by atoms with Gasteiger partial charge in [-0.05, 0) is 59.1 Å². The Labute approximate surface area is 114 Å². The maximum absolute atomic E-state index is 13.7. The van der Waals surface area contributed by atoms with Crippen molar-refractivity contribution in [2.24, 2.45) is 0 Å². The van der Waals surface area contributed by atoms with E-state index in [0.29, 0.717) is 5.92 Å². The second-order valence-electron chi connectivity index (χ2n) is 5.82. The molecule has 1 heteroatoms. The van der Waals surface area contributed by atoms with E-state index in [9.17, 15) is 4.39 Å². The zero-order chi connectivity index (χ0) is 13.4. The predicted molar refractivity (Wildman–Crippen MR) is 77.9 cm³/mol. The maximum Gasteiger partial charge on any atom is 0.124 e. The van der Waals surface area contributed by atoms with Crippen LogP contribution in [0.5, 0.6) is 0 Å². The van der Waals surface area contributed by atoms with E-state index >= 15 is 0 Å². The highest BCUT2D eigenvalue weighted by molar-refractivity contribution is 5.65. The molecule has 19 heavy (non-hydrogen) atoms. The van der Waals surface area contributed by atoms with Crippen molar-refractivity contribution in [1.29, 1.82) is 0 Å². The molecule has 0 saturated heterocycles. The van der Waals surface area contributed by atoms with Gasteiger partial charge in [0.1, 0.15) is 5.82 Å². The van der Waals surface area contributed by atoms with Gasteiger partial charge in [-0.2, -0.15) is 0 Å². The Hall–Kier alpha value is -1.63. The second-order valence-corrected chi connectivity index (χ2v) is 5.82. The van der Waals surface area contributed by atoms with Crippen LogP contribution in [0.1, 0.15) is 49.7 Å². The first-order chi connectivity index (χ1) is 9.13. The van der Waals surface area contributed by atoms with Gasteiger partial charge >= 0.3 is 0 Å². The van der Waals surface area contributed by atoms with Gasteiger partial charge in [-0.3, -0.25) is 0 Å². The normalized spacial score (nSPS) is 14.9. The fourth-order valence-electron chi connectivity index (χ4n) is 2.48. The van der Waals surface area contributed by atoms with Gasteiger partial charge in [0.25, 0.3) is 0 Å². The Morgan fingerprint density at radius 1 is 0.947 bits per heavy atom. The molecular weight excluding hydrogens is 235 g/mol. The zero-order valence-corrected chi connectivity index (χ0v) is 11.5. The van der Waals surface area contributed by atoms with E-state index in [-0.39, 0.29) is 5.82 Å². The van der Waals surface area contributed by atoms with Gasteiger partial charge in [-0.15, -0.1) is 0 Å². The molecule has 1 saturated carbocycles. The lowest BCUT2D eigenvalue weighted by Gasteiger charge is -2.10. The molecule has 0 aromatic heterocycles. The molecule has 0 spiro atoms. The molecular formula is C18H19F. The van der Waals surface area contributed by atoms with Gasteiger partial charge in [-0.25, -0.2) is 4.39 Å². The molecule has 0 nitrogen and oxygen atoms in total. The monoisotopic (exact) mass is 254 g/mol. The fourth-order valence-corrected chi connectivity index (χ4v) is 2.48. The van der Waals surface area contributed by atoms with Crippen molar-refractivity contribution in [3.05, 3.63) is 59.4 Å². The van der Waals surface area contributed by atoms with Gasteiger partial charge in [-0.1, -0.05) is 44.2 Å². The third-order valence-electron chi connectivity index (χ3n) is 3.88. The molecule has 0 heterocycles. The van der Waals surface area contributed by atoms with E-state index in [0.717, 1.165) is 22.6 Å². The lowest BCUT2D eigenvalue weighted by molar-refractivity contribution is 0.624. The van der Waals surface area contributed by atoms with Crippen molar-refractivity contribution < 1.29 is 4.39 Å². The summed E-state index contributed by atoms with van der Waals surface area (Å²) >= 11 is 0. The van der Waals surface area contributed by atoms with Crippen LogP contribution in [0.15, 0.2) is 42.5 Å². The highest BCUT2D eigenvalue weighted by Crippen LogP contribution is 2.40. The predicted octanol–water partition coefficient (Wildman–Crippen LogP) is 5.49. The van der Waals surface area contributed by atoms with Crippen LogP contribution in [-0.2, 0) is 0 Å². The Balaban J connectivity index is 1.96. The molecule has 1 fully saturated rings. The van der Waals surface area contributed by atoms with Crippen molar-refractivity contribution in [3.8, 4) is 11.1 Å². The van der Waals surface area contributed by atoms with E-state index in [2.05, 4.69) is 44.2 Å². The summed E-state index contributed by atoms with van der Waals surface area (Å²) < 4.78 is 13.7. The Kier molecular flexibility index (Phi) is 3.14. The van der Waals surface area contributed by atoms with E-state index < -0.39 is 0 Å². The molecule has 1 aliphatic rings. The summed E-state index contributed by atoms with van der Waals surface area (Å²) in [7, 11) is 0. The van der Waals surface area contributed by atoms with Crippen molar-refractivity contribution in [2.45, 2.75) is 38.5 Å². The summed E-state index contributed by atoms with van der Waals surface area (Å²) in [5.41, 5.74) is 4.56. The van der Waals surface area contributed by atoms with Crippen LogP contribution in [0, 0.1) is 5.82 Å². The maximum atomic E-state index is 13.7.